The molecule has 0 spiro atoms. The fraction of sp³-hybridized carbons (Fsp3) is 0.417. The number of piperidine rings is 1. The zero-order valence-corrected chi connectivity index (χ0v) is 11.6. The van der Waals surface area contributed by atoms with Crippen LogP contribution in [0.15, 0.2) is 34.3 Å². The molecule has 3 N–H and O–H groups in total. The van der Waals surface area contributed by atoms with E-state index in [9.17, 15) is 12.8 Å². The minimum Gasteiger partial charge on any atom is -0.409 e. The molecule has 1 saturated heterocycles. The van der Waals surface area contributed by atoms with Crippen molar-refractivity contribution in [3.8, 4) is 0 Å². The average Bonchev–Trinajstić information content (AvgIpc) is 2.46. The zero-order valence-electron chi connectivity index (χ0n) is 10.7. The quantitative estimate of drug-likeness (QED) is 0.378. The van der Waals surface area contributed by atoms with Gasteiger partial charge in [-0.3, -0.25) is 0 Å². The van der Waals surface area contributed by atoms with Crippen molar-refractivity contribution in [2.24, 2.45) is 10.9 Å². The van der Waals surface area contributed by atoms with Gasteiger partial charge in [0.05, 0.1) is 6.04 Å². The molecule has 0 saturated carbocycles. The summed E-state index contributed by atoms with van der Waals surface area (Å²) in [5.74, 6) is -0.985. The standard InChI is InChI=1S/C12H16FN3O3S/c13-9-5-1-2-7-11(9)20(18,19)16-8-4-3-6-10(16)12(14)15-17/h1-2,5,7,10,17H,3-4,6,8H2,(H2,14,15). The lowest BCUT2D eigenvalue weighted by molar-refractivity contribution is 0.280. The lowest BCUT2D eigenvalue weighted by Gasteiger charge is -2.33. The Bertz CT molecular complexity index is 618. The van der Waals surface area contributed by atoms with Crippen molar-refractivity contribution in [1.82, 2.24) is 4.31 Å². The van der Waals surface area contributed by atoms with Crippen LogP contribution in [-0.2, 0) is 10.0 Å². The van der Waals surface area contributed by atoms with Crippen LogP contribution in [0.25, 0.3) is 0 Å². The number of hydrogen-bond donors (Lipinski definition) is 2. The van der Waals surface area contributed by atoms with E-state index in [0.717, 1.165) is 16.8 Å². The molecule has 8 heteroatoms. The van der Waals surface area contributed by atoms with E-state index >= 15 is 0 Å². The summed E-state index contributed by atoms with van der Waals surface area (Å²) < 4.78 is 39.9. The van der Waals surface area contributed by atoms with Crippen LogP contribution in [0, 0.1) is 5.82 Å². The van der Waals surface area contributed by atoms with Gasteiger partial charge in [-0.1, -0.05) is 23.7 Å². The first-order valence-corrected chi connectivity index (χ1v) is 7.66. The predicted molar refractivity (Wildman–Crippen MR) is 71.3 cm³/mol. The van der Waals surface area contributed by atoms with Crippen LogP contribution >= 0.6 is 0 Å². The predicted octanol–water partition coefficient (Wildman–Crippen LogP) is 1.12. The zero-order chi connectivity index (χ0) is 14.8. The Balaban J connectivity index is 2.44. The summed E-state index contributed by atoms with van der Waals surface area (Å²) in [6, 6.07) is 4.44. The minimum atomic E-state index is -4.01. The second-order valence-electron chi connectivity index (χ2n) is 4.58. The van der Waals surface area contributed by atoms with Gasteiger partial charge in [0, 0.05) is 6.54 Å². The first kappa shape index (κ1) is 14.7. The van der Waals surface area contributed by atoms with E-state index in [1.165, 1.54) is 18.2 Å². The van der Waals surface area contributed by atoms with E-state index in [1.807, 2.05) is 0 Å². The lowest BCUT2D eigenvalue weighted by Crippen LogP contribution is -2.50. The molecular weight excluding hydrogens is 285 g/mol. The molecular formula is C12H16FN3O3S. The van der Waals surface area contributed by atoms with Crippen molar-refractivity contribution in [2.75, 3.05) is 6.54 Å². The molecule has 0 radical (unpaired) electrons. The summed E-state index contributed by atoms with van der Waals surface area (Å²) in [6.45, 7) is 0.220. The third-order valence-electron chi connectivity index (χ3n) is 3.33. The van der Waals surface area contributed by atoms with E-state index in [-0.39, 0.29) is 12.4 Å². The topological polar surface area (TPSA) is 96.0 Å². The monoisotopic (exact) mass is 301 g/mol. The number of sulfonamides is 1. The first-order chi connectivity index (χ1) is 9.48. The molecule has 0 bridgehead atoms. The van der Waals surface area contributed by atoms with Crippen LogP contribution in [0.4, 0.5) is 4.39 Å². The van der Waals surface area contributed by atoms with Crippen molar-refractivity contribution in [3.63, 3.8) is 0 Å². The molecule has 0 amide bonds. The molecule has 1 heterocycles. The van der Waals surface area contributed by atoms with Gasteiger partial charge in [-0.05, 0) is 25.0 Å². The third kappa shape index (κ3) is 2.61. The van der Waals surface area contributed by atoms with Gasteiger partial charge in [0.1, 0.15) is 10.7 Å². The van der Waals surface area contributed by atoms with E-state index in [1.54, 1.807) is 0 Å². The molecule has 1 aromatic rings. The van der Waals surface area contributed by atoms with E-state index in [0.29, 0.717) is 12.8 Å². The van der Waals surface area contributed by atoms with Gasteiger partial charge in [0.15, 0.2) is 5.84 Å². The summed E-state index contributed by atoms with van der Waals surface area (Å²) >= 11 is 0. The van der Waals surface area contributed by atoms with Crippen molar-refractivity contribution in [1.29, 1.82) is 0 Å². The maximum absolute atomic E-state index is 13.7. The van der Waals surface area contributed by atoms with Gasteiger partial charge < -0.3 is 10.9 Å². The highest BCUT2D eigenvalue weighted by Gasteiger charge is 2.37. The number of nitrogens with two attached hydrogens (primary N) is 1. The Morgan fingerprint density at radius 2 is 2.10 bits per heavy atom. The maximum Gasteiger partial charge on any atom is 0.246 e. The Morgan fingerprint density at radius 3 is 2.75 bits per heavy atom. The molecule has 0 aliphatic carbocycles. The van der Waals surface area contributed by atoms with Crippen LogP contribution in [0.2, 0.25) is 0 Å². The van der Waals surface area contributed by atoms with Crippen LogP contribution in [0.1, 0.15) is 19.3 Å². The van der Waals surface area contributed by atoms with Crippen LogP contribution in [0.3, 0.4) is 0 Å². The molecule has 1 aromatic carbocycles. The fourth-order valence-electron chi connectivity index (χ4n) is 2.34. The summed E-state index contributed by atoms with van der Waals surface area (Å²) in [4.78, 5) is -0.391. The summed E-state index contributed by atoms with van der Waals surface area (Å²) in [5.41, 5.74) is 5.55. The summed E-state index contributed by atoms with van der Waals surface area (Å²) in [5, 5.41) is 11.6. The van der Waals surface area contributed by atoms with Crippen molar-refractivity contribution < 1.29 is 18.0 Å². The molecule has 2 rings (SSSR count). The number of halogens is 1. The second-order valence-corrected chi connectivity index (χ2v) is 6.44. The Hall–Kier alpha value is -1.67. The average molecular weight is 301 g/mol. The number of nitrogens with zero attached hydrogens (tertiary/aromatic N) is 2. The van der Waals surface area contributed by atoms with E-state index in [4.69, 9.17) is 10.9 Å². The molecule has 1 fully saturated rings. The minimum absolute atomic E-state index is 0.176. The number of oxime groups is 1. The number of hydrogen-bond acceptors (Lipinski definition) is 4. The molecule has 1 unspecified atom stereocenters. The van der Waals surface area contributed by atoms with Gasteiger partial charge in [0.2, 0.25) is 10.0 Å². The lowest BCUT2D eigenvalue weighted by atomic mass is 10.0. The fourth-order valence-corrected chi connectivity index (χ4v) is 4.07. The largest absolute Gasteiger partial charge is 0.409 e. The molecule has 1 aliphatic heterocycles. The highest BCUT2D eigenvalue weighted by molar-refractivity contribution is 7.89. The Kier molecular flexibility index (Phi) is 4.24. The normalized spacial score (nSPS) is 21.9. The molecule has 20 heavy (non-hydrogen) atoms. The molecule has 6 nitrogen and oxygen atoms in total. The SMILES string of the molecule is NC(=NO)C1CCCCN1S(=O)(=O)c1ccccc1F. The van der Waals surface area contributed by atoms with Crippen molar-refractivity contribution in [3.05, 3.63) is 30.1 Å². The molecule has 1 atom stereocenters. The first-order valence-electron chi connectivity index (χ1n) is 6.22. The van der Waals surface area contributed by atoms with Gasteiger partial charge >= 0.3 is 0 Å². The highest BCUT2D eigenvalue weighted by atomic mass is 32.2. The third-order valence-corrected chi connectivity index (χ3v) is 5.28. The summed E-state index contributed by atoms with van der Waals surface area (Å²) in [6.07, 6.45) is 1.87. The van der Waals surface area contributed by atoms with Crippen molar-refractivity contribution in [2.45, 2.75) is 30.2 Å². The van der Waals surface area contributed by atoms with Crippen LogP contribution in [0.5, 0.6) is 0 Å². The van der Waals surface area contributed by atoms with E-state index in [2.05, 4.69) is 5.16 Å². The molecule has 0 aromatic heterocycles. The van der Waals surface area contributed by atoms with Gasteiger partial charge in [-0.15, -0.1) is 0 Å². The smallest absolute Gasteiger partial charge is 0.246 e. The maximum atomic E-state index is 13.7. The van der Waals surface area contributed by atoms with Crippen LogP contribution in [-0.4, -0.2) is 36.4 Å². The van der Waals surface area contributed by atoms with Gasteiger partial charge in [-0.25, -0.2) is 12.8 Å². The summed E-state index contributed by atoms with van der Waals surface area (Å²) in [7, 11) is -4.01. The van der Waals surface area contributed by atoms with Crippen LogP contribution < -0.4 is 5.73 Å². The van der Waals surface area contributed by atoms with Gasteiger partial charge in [0.25, 0.3) is 0 Å². The number of amidine groups is 1. The van der Waals surface area contributed by atoms with E-state index < -0.39 is 26.8 Å². The van der Waals surface area contributed by atoms with Gasteiger partial charge in [-0.2, -0.15) is 4.31 Å². The van der Waals surface area contributed by atoms with Crippen molar-refractivity contribution >= 4 is 15.9 Å². The highest BCUT2D eigenvalue weighted by Crippen LogP contribution is 2.26. The molecule has 1 aliphatic rings. The Morgan fingerprint density at radius 1 is 1.40 bits per heavy atom. The number of benzene rings is 1. The Labute approximate surface area is 116 Å². The second kappa shape index (κ2) is 5.76. The molecule has 110 valence electrons. The number of rotatable bonds is 3.